The van der Waals surface area contributed by atoms with E-state index in [1.165, 1.54) is 0 Å². The Hall–Kier alpha value is -1.56. The molecule has 0 aromatic carbocycles. The number of aromatic nitrogens is 2. The summed E-state index contributed by atoms with van der Waals surface area (Å²) in [5.74, 6) is 1.04. The number of hydrogen-bond acceptors (Lipinski definition) is 3. The van der Waals surface area contributed by atoms with E-state index in [1.807, 2.05) is 24.2 Å². The summed E-state index contributed by atoms with van der Waals surface area (Å²) in [6, 6.07) is 0.0294. The van der Waals surface area contributed by atoms with E-state index in [9.17, 15) is 4.79 Å². The van der Waals surface area contributed by atoms with Crippen LogP contribution >= 0.6 is 0 Å². The minimum Gasteiger partial charge on any atom is -0.372 e. The summed E-state index contributed by atoms with van der Waals surface area (Å²) in [6.45, 7) is 9.81. The van der Waals surface area contributed by atoms with Crippen LogP contribution in [0.2, 0.25) is 0 Å². The number of ether oxygens (including phenoxy) is 1. The van der Waals surface area contributed by atoms with Gasteiger partial charge in [-0.25, -0.2) is 9.78 Å². The third-order valence-corrected chi connectivity index (χ3v) is 4.40. The summed E-state index contributed by atoms with van der Waals surface area (Å²) in [5.41, 5.74) is -0.200. The van der Waals surface area contributed by atoms with Crippen LogP contribution in [0.15, 0.2) is 12.4 Å². The first-order valence-electron chi connectivity index (χ1n) is 8.18. The van der Waals surface area contributed by atoms with Gasteiger partial charge in [0.2, 0.25) is 0 Å². The summed E-state index contributed by atoms with van der Waals surface area (Å²) in [6.07, 6.45) is 6.74. The van der Waals surface area contributed by atoms with Gasteiger partial charge in [0.25, 0.3) is 0 Å². The van der Waals surface area contributed by atoms with Crippen molar-refractivity contribution in [3.8, 4) is 0 Å². The summed E-state index contributed by atoms with van der Waals surface area (Å²) in [5, 5.41) is 3.02. The highest BCUT2D eigenvalue weighted by atomic mass is 16.5. The molecule has 1 saturated heterocycles. The average molecular weight is 308 g/mol. The Kier molecular flexibility index (Phi) is 5.83. The molecule has 1 N–H and O–H groups in total. The fourth-order valence-electron chi connectivity index (χ4n) is 2.67. The molecule has 0 radical (unpaired) electrons. The van der Waals surface area contributed by atoms with Crippen LogP contribution in [0.5, 0.6) is 0 Å². The van der Waals surface area contributed by atoms with Crippen LogP contribution in [0.4, 0.5) is 4.79 Å². The topological polar surface area (TPSA) is 59.4 Å². The maximum Gasteiger partial charge on any atom is 0.317 e. The number of urea groups is 1. The van der Waals surface area contributed by atoms with E-state index in [4.69, 9.17) is 4.74 Å². The van der Waals surface area contributed by atoms with E-state index in [-0.39, 0.29) is 11.6 Å². The fourth-order valence-corrected chi connectivity index (χ4v) is 2.67. The van der Waals surface area contributed by atoms with Crippen molar-refractivity contribution in [1.29, 1.82) is 0 Å². The minimum atomic E-state index is -0.200. The largest absolute Gasteiger partial charge is 0.372 e. The summed E-state index contributed by atoms with van der Waals surface area (Å²) < 4.78 is 7.90. The molecule has 1 fully saturated rings. The molecular weight excluding hydrogens is 280 g/mol. The first kappa shape index (κ1) is 16.8. The Bertz CT molecular complexity index is 488. The van der Waals surface area contributed by atoms with Crippen molar-refractivity contribution >= 4 is 6.03 Å². The van der Waals surface area contributed by atoms with E-state index in [0.29, 0.717) is 26.2 Å². The van der Waals surface area contributed by atoms with Gasteiger partial charge in [-0.15, -0.1) is 0 Å². The number of morpholine rings is 1. The maximum atomic E-state index is 12.2. The Morgan fingerprint density at radius 1 is 1.50 bits per heavy atom. The van der Waals surface area contributed by atoms with Crippen molar-refractivity contribution in [3.05, 3.63) is 18.2 Å². The highest BCUT2D eigenvalue weighted by molar-refractivity contribution is 5.74. The van der Waals surface area contributed by atoms with Crippen LogP contribution in [0, 0.1) is 6.92 Å². The zero-order valence-corrected chi connectivity index (χ0v) is 14.0. The number of aryl methyl sites for hydroxylation is 2. The van der Waals surface area contributed by atoms with Crippen LogP contribution in [0.25, 0.3) is 0 Å². The lowest BCUT2D eigenvalue weighted by Crippen LogP contribution is -2.54. The molecule has 0 saturated carbocycles. The molecule has 6 nitrogen and oxygen atoms in total. The third-order valence-electron chi connectivity index (χ3n) is 4.40. The Balaban J connectivity index is 1.64. The van der Waals surface area contributed by atoms with Crippen molar-refractivity contribution < 1.29 is 9.53 Å². The van der Waals surface area contributed by atoms with E-state index < -0.39 is 0 Å². The number of hydrogen-bond donors (Lipinski definition) is 1. The quantitative estimate of drug-likeness (QED) is 0.820. The van der Waals surface area contributed by atoms with Crippen molar-refractivity contribution in [2.24, 2.45) is 0 Å². The van der Waals surface area contributed by atoms with E-state index in [0.717, 1.165) is 31.6 Å². The smallest absolute Gasteiger partial charge is 0.317 e. The molecule has 0 spiro atoms. The number of unbranched alkanes of at least 4 members (excludes halogenated alkanes) is 1. The number of amides is 2. The lowest BCUT2D eigenvalue weighted by Gasteiger charge is -2.39. The van der Waals surface area contributed by atoms with Crippen LogP contribution < -0.4 is 5.32 Å². The second kappa shape index (κ2) is 7.63. The number of rotatable bonds is 6. The molecule has 124 valence electrons. The first-order chi connectivity index (χ1) is 10.5. The van der Waals surface area contributed by atoms with Gasteiger partial charge in [-0.05, 0) is 33.1 Å². The third kappa shape index (κ3) is 4.47. The molecule has 1 atom stereocenters. The minimum absolute atomic E-state index is 0.0294. The van der Waals surface area contributed by atoms with Crippen molar-refractivity contribution in [2.45, 2.75) is 52.2 Å². The van der Waals surface area contributed by atoms with Crippen molar-refractivity contribution in [1.82, 2.24) is 19.8 Å². The lowest BCUT2D eigenvalue weighted by atomic mass is 10.0. The fraction of sp³-hybridized carbons (Fsp3) is 0.750. The number of carbonyl (C=O) groups excluding carboxylic acids is 1. The number of imidazole rings is 1. The predicted molar refractivity (Wildman–Crippen MR) is 85.8 cm³/mol. The molecule has 1 aromatic rings. The van der Waals surface area contributed by atoms with Crippen molar-refractivity contribution in [2.75, 3.05) is 26.2 Å². The van der Waals surface area contributed by atoms with Gasteiger partial charge in [0.1, 0.15) is 5.82 Å². The predicted octanol–water partition coefficient (Wildman–Crippen LogP) is 2.18. The lowest BCUT2D eigenvalue weighted by molar-refractivity contribution is -0.0872. The first-order valence-corrected chi connectivity index (χ1v) is 8.18. The van der Waals surface area contributed by atoms with Crippen molar-refractivity contribution in [3.63, 3.8) is 0 Å². The van der Waals surface area contributed by atoms with Crippen LogP contribution in [0.1, 0.15) is 38.9 Å². The summed E-state index contributed by atoms with van der Waals surface area (Å²) >= 11 is 0. The molecule has 6 heteroatoms. The van der Waals surface area contributed by atoms with Crippen LogP contribution in [-0.4, -0.2) is 52.3 Å². The normalized spacial score (nSPS) is 21.9. The number of nitrogens with zero attached hydrogens (tertiary/aromatic N) is 3. The molecule has 0 aliphatic carbocycles. The van der Waals surface area contributed by atoms with Gasteiger partial charge < -0.3 is 19.5 Å². The summed E-state index contributed by atoms with van der Waals surface area (Å²) in [4.78, 5) is 18.3. The average Bonchev–Trinajstić information content (AvgIpc) is 2.92. The van der Waals surface area contributed by atoms with Gasteiger partial charge >= 0.3 is 6.03 Å². The van der Waals surface area contributed by atoms with E-state index in [2.05, 4.69) is 28.7 Å². The molecule has 0 bridgehead atoms. The zero-order chi connectivity index (χ0) is 16.0. The molecule has 0 unspecified atom stereocenters. The maximum absolute atomic E-state index is 12.2. The van der Waals surface area contributed by atoms with Gasteiger partial charge in [-0.1, -0.05) is 6.92 Å². The van der Waals surface area contributed by atoms with Gasteiger partial charge in [-0.3, -0.25) is 0 Å². The zero-order valence-electron chi connectivity index (χ0n) is 14.0. The number of carbonyl (C=O) groups is 1. The van der Waals surface area contributed by atoms with E-state index >= 15 is 0 Å². The highest BCUT2D eigenvalue weighted by Gasteiger charge is 2.32. The number of nitrogens with one attached hydrogen (secondary N) is 1. The standard InChI is InChI=1S/C16H28N4O2/c1-4-16(3)13-20(11-12-22-16)15(21)18-7-5-6-9-19-10-8-17-14(19)2/h8,10H,4-7,9,11-13H2,1-3H3,(H,18,21)/t16-/m0/s1. The Morgan fingerprint density at radius 2 is 2.32 bits per heavy atom. The SMILES string of the molecule is CC[C@@]1(C)CN(C(=O)NCCCCn2ccnc2C)CCO1. The van der Waals surface area contributed by atoms with Gasteiger partial charge in [0.15, 0.2) is 0 Å². The molecule has 2 rings (SSSR count). The van der Waals surface area contributed by atoms with Crippen LogP contribution in [-0.2, 0) is 11.3 Å². The monoisotopic (exact) mass is 308 g/mol. The second-order valence-corrected chi connectivity index (χ2v) is 6.18. The molecule has 22 heavy (non-hydrogen) atoms. The van der Waals surface area contributed by atoms with Gasteiger partial charge in [0.05, 0.1) is 18.8 Å². The highest BCUT2D eigenvalue weighted by Crippen LogP contribution is 2.20. The van der Waals surface area contributed by atoms with Gasteiger partial charge in [-0.2, -0.15) is 0 Å². The molecule has 1 aliphatic heterocycles. The summed E-state index contributed by atoms with van der Waals surface area (Å²) in [7, 11) is 0. The van der Waals surface area contributed by atoms with Crippen LogP contribution in [0.3, 0.4) is 0 Å². The molecule has 2 heterocycles. The molecule has 1 aliphatic rings. The molecular formula is C16H28N4O2. The molecule has 1 aromatic heterocycles. The Labute approximate surface area is 132 Å². The van der Waals surface area contributed by atoms with Gasteiger partial charge in [0, 0.05) is 32.0 Å². The second-order valence-electron chi connectivity index (χ2n) is 6.18. The van der Waals surface area contributed by atoms with E-state index in [1.54, 1.807) is 0 Å². The molecule has 2 amide bonds. The Morgan fingerprint density at radius 3 is 3.00 bits per heavy atom.